The van der Waals surface area contributed by atoms with Gasteiger partial charge in [0.05, 0.1) is 18.2 Å². The first-order valence-electron chi connectivity index (χ1n) is 6.77. The molecule has 1 saturated heterocycles. The standard InChI is InChI=1S/C13H17N5O2S/c1-7-10(6-14-18(7)3)11-9(4-5-20-11)12(19)15-13-17-16-8(2)21-13/h6,9,11H,4-5H2,1-3H3,(H,15,17,19)/t9-,11-/m0/s1. The van der Waals surface area contributed by atoms with Crippen molar-refractivity contribution in [1.29, 1.82) is 0 Å². The average Bonchev–Trinajstić information content (AvgIpc) is 3.13. The molecular weight excluding hydrogens is 290 g/mol. The number of anilines is 1. The van der Waals surface area contributed by atoms with Crippen LogP contribution < -0.4 is 5.32 Å². The maximum absolute atomic E-state index is 12.4. The number of aryl methyl sites for hydroxylation is 2. The van der Waals surface area contributed by atoms with E-state index < -0.39 is 0 Å². The number of carbonyl (C=O) groups is 1. The fourth-order valence-corrected chi connectivity index (χ4v) is 3.10. The summed E-state index contributed by atoms with van der Waals surface area (Å²) in [4.78, 5) is 12.4. The molecule has 1 N–H and O–H groups in total. The lowest BCUT2D eigenvalue weighted by Gasteiger charge is -2.17. The molecule has 1 fully saturated rings. The molecule has 2 atom stereocenters. The highest BCUT2D eigenvalue weighted by molar-refractivity contribution is 7.15. The molecule has 0 bridgehead atoms. The molecule has 0 radical (unpaired) electrons. The summed E-state index contributed by atoms with van der Waals surface area (Å²) in [6.07, 6.45) is 2.23. The van der Waals surface area contributed by atoms with Gasteiger partial charge in [-0.3, -0.25) is 9.48 Å². The number of hydrogen-bond acceptors (Lipinski definition) is 6. The fourth-order valence-electron chi connectivity index (χ4n) is 2.50. The van der Waals surface area contributed by atoms with E-state index in [2.05, 4.69) is 20.6 Å². The second kappa shape index (κ2) is 5.53. The lowest BCUT2D eigenvalue weighted by Crippen LogP contribution is -2.25. The lowest BCUT2D eigenvalue weighted by atomic mass is 9.95. The molecule has 1 aliphatic heterocycles. The van der Waals surface area contributed by atoms with Crippen LogP contribution in [-0.4, -0.2) is 32.5 Å². The smallest absolute Gasteiger partial charge is 0.232 e. The molecule has 2 aromatic heterocycles. The zero-order chi connectivity index (χ0) is 15.0. The molecular formula is C13H17N5O2S. The average molecular weight is 307 g/mol. The molecule has 3 heterocycles. The van der Waals surface area contributed by atoms with Gasteiger partial charge >= 0.3 is 0 Å². The van der Waals surface area contributed by atoms with Crippen molar-refractivity contribution in [1.82, 2.24) is 20.0 Å². The summed E-state index contributed by atoms with van der Waals surface area (Å²) in [5, 5.41) is 16.2. The second-order valence-electron chi connectivity index (χ2n) is 5.11. The van der Waals surface area contributed by atoms with Gasteiger partial charge in [0.25, 0.3) is 0 Å². The summed E-state index contributed by atoms with van der Waals surface area (Å²) in [5.41, 5.74) is 2.00. The van der Waals surface area contributed by atoms with Crippen molar-refractivity contribution in [2.75, 3.05) is 11.9 Å². The Hall–Kier alpha value is -1.80. The van der Waals surface area contributed by atoms with E-state index in [0.29, 0.717) is 18.2 Å². The monoisotopic (exact) mass is 307 g/mol. The van der Waals surface area contributed by atoms with Crippen LogP contribution in [0.3, 0.4) is 0 Å². The molecule has 21 heavy (non-hydrogen) atoms. The van der Waals surface area contributed by atoms with Gasteiger partial charge in [0.1, 0.15) is 5.01 Å². The van der Waals surface area contributed by atoms with Gasteiger partial charge in [-0.25, -0.2) is 0 Å². The summed E-state index contributed by atoms with van der Waals surface area (Å²) >= 11 is 1.37. The van der Waals surface area contributed by atoms with Crippen molar-refractivity contribution in [3.8, 4) is 0 Å². The van der Waals surface area contributed by atoms with E-state index in [4.69, 9.17) is 4.74 Å². The Morgan fingerprint density at radius 1 is 1.48 bits per heavy atom. The van der Waals surface area contributed by atoms with Gasteiger partial charge < -0.3 is 10.1 Å². The van der Waals surface area contributed by atoms with Crippen LogP contribution in [0, 0.1) is 19.8 Å². The zero-order valence-electron chi connectivity index (χ0n) is 12.2. The largest absolute Gasteiger partial charge is 0.373 e. The first-order chi connectivity index (χ1) is 10.1. The van der Waals surface area contributed by atoms with Crippen LogP contribution >= 0.6 is 11.3 Å². The first kappa shape index (κ1) is 14.2. The van der Waals surface area contributed by atoms with E-state index in [9.17, 15) is 4.79 Å². The summed E-state index contributed by atoms with van der Waals surface area (Å²) < 4.78 is 7.55. The van der Waals surface area contributed by atoms with Crippen LogP contribution in [0.2, 0.25) is 0 Å². The Balaban J connectivity index is 1.77. The van der Waals surface area contributed by atoms with Crippen LogP contribution in [0.25, 0.3) is 0 Å². The Labute approximate surface area is 126 Å². The van der Waals surface area contributed by atoms with Crippen LogP contribution in [0.15, 0.2) is 6.20 Å². The van der Waals surface area contributed by atoms with Crippen molar-refractivity contribution < 1.29 is 9.53 Å². The minimum absolute atomic E-state index is 0.0723. The van der Waals surface area contributed by atoms with Gasteiger partial charge in [-0.2, -0.15) is 5.10 Å². The van der Waals surface area contributed by atoms with Gasteiger partial charge in [0.2, 0.25) is 11.0 Å². The number of hydrogen-bond donors (Lipinski definition) is 1. The number of aromatic nitrogens is 4. The minimum Gasteiger partial charge on any atom is -0.373 e. The van der Waals surface area contributed by atoms with Crippen LogP contribution in [0.4, 0.5) is 5.13 Å². The second-order valence-corrected chi connectivity index (χ2v) is 6.29. The van der Waals surface area contributed by atoms with E-state index in [1.807, 2.05) is 20.9 Å². The molecule has 112 valence electrons. The summed E-state index contributed by atoms with van der Waals surface area (Å²) in [5.74, 6) is -0.297. The Morgan fingerprint density at radius 2 is 2.29 bits per heavy atom. The highest BCUT2D eigenvalue weighted by Gasteiger charge is 2.37. The van der Waals surface area contributed by atoms with Gasteiger partial charge in [-0.15, -0.1) is 10.2 Å². The van der Waals surface area contributed by atoms with Gasteiger partial charge in [0, 0.05) is 24.9 Å². The SMILES string of the molecule is Cc1nnc(NC(=O)[C@H]2CCO[C@@H]2c2cnn(C)c2C)s1. The number of ether oxygens (including phenoxy) is 1. The van der Waals surface area contributed by atoms with Crippen molar-refractivity contribution in [2.24, 2.45) is 13.0 Å². The number of amides is 1. The highest BCUT2D eigenvalue weighted by atomic mass is 32.1. The van der Waals surface area contributed by atoms with E-state index in [1.165, 1.54) is 11.3 Å². The summed E-state index contributed by atoms with van der Waals surface area (Å²) in [6, 6.07) is 0. The van der Waals surface area contributed by atoms with Gasteiger partial charge in [-0.1, -0.05) is 11.3 Å². The number of carbonyl (C=O) groups excluding carboxylic acids is 1. The molecule has 3 rings (SSSR count). The molecule has 0 spiro atoms. The van der Waals surface area contributed by atoms with Crippen molar-refractivity contribution >= 4 is 22.4 Å². The molecule has 1 aliphatic rings. The van der Waals surface area contributed by atoms with E-state index in [-0.39, 0.29) is 17.9 Å². The third kappa shape index (κ3) is 2.68. The van der Waals surface area contributed by atoms with Crippen molar-refractivity contribution in [3.05, 3.63) is 22.5 Å². The first-order valence-corrected chi connectivity index (χ1v) is 7.59. The number of nitrogens with one attached hydrogen (secondary N) is 1. The molecule has 0 aliphatic carbocycles. The maximum atomic E-state index is 12.4. The van der Waals surface area contributed by atoms with Gasteiger partial charge in [0.15, 0.2) is 0 Å². The maximum Gasteiger partial charge on any atom is 0.232 e. The predicted octanol–water partition coefficient (Wildman–Crippen LogP) is 1.60. The van der Waals surface area contributed by atoms with Gasteiger partial charge in [-0.05, 0) is 20.3 Å². The summed E-state index contributed by atoms with van der Waals surface area (Å²) in [7, 11) is 1.88. The normalized spacial score (nSPS) is 21.7. The topological polar surface area (TPSA) is 81.9 Å². The highest BCUT2D eigenvalue weighted by Crippen LogP contribution is 2.36. The Morgan fingerprint density at radius 3 is 2.90 bits per heavy atom. The zero-order valence-corrected chi connectivity index (χ0v) is 13.0. The Bertz CT molecular complexity index is 665. The van der Waals surface area contributed by atoms with Crippen LogP contribution in [0.1, 0.15) is 28.8 Å². The number of rotatable bonds is 3. The third-order valence-electron chi connectivity index (χ3n) is 3.76. The van der Waals surface area contributed by atoms with Crippen molar-refractivity contribution in [2.45, 2.75) is 26.4 Å². The quantitative estimate of drug-likeness (QED) is 0.931. The molecule has 0 aromatic carbocycles. The Kier molecular flexibility index (Phi) is 3.73. The van der Waals surface area contributed by atoms with Crippen LogP contribution in [-0.2, 0) is 16.6 Å². The minimum atomic E-state index is -0.243. The molecule has 7 nitrogen and oxygen atoms in total. The van der Waals surface area contributed by atoms with E-state index in [1.54, 1.807) is 10.9 Å². The fraction of sp³-hybridized carbons (Fsp3) is 0.538. The predicted molar refractivity (Wildman–Crippen MR) is 78.0 cm³/mol. The van der Waals surface area contributed by atoms with Crippen LogP contribution in [0.5, 0.6) is 0 Å². The molecule has 1 amide bonds. The third-order valence-corrected chi connectivity index (χ3v) is 4.52. The van der Waals surface area contributed by atoms with E-state index in [0.717, 1.165) is 16.3 Å². The molecule has 0 saturated carbocycles. The number of nitrogens with zero attached hydrogens (tertiary/aromatic N) is 4. The van der Waals surface area contributed by atoms with Crippen molar-refractivity contribution in [3.63, 3.8) is 0 Å². The molecule has 0 unspecified atom stereocenters. The summed E-state index contributed by atoms with van der Waals surface area (Å²) in [6.45, 7) is 4.41. The molecule has 8 heteroatoms. The van der Waals surface area contributed by atoms with E-state index >= 15 is 0 Å². The lowest BCUT2D eigenvalue weighted by molar-refractivity contribution is -0.121. The molecule has 2 aromatic rings.